The summed E-state index contributed by atoms with van der Waals surface area (Å²) in [4.78, 5) is 11.6. The number of hydrogen-bond acceptors (Lipinski definition) is 4. The Morgan fingerprint density at radius 1 is 1.41 bits per heavy atom. The molecule has 0 saturated carbocycles. The molecule has 0 atom stereocenters. The number of hydrogen-bond donors (Lipinski definition) is 2. The van der Waals surface area contributed by atoms with E-state index in [1.165, 1.54) is 4.68 Å². The van der Waals surface area contributed by atoms with Crippen LogP contribution < -0.4 is 11.1 Å². The zero-order chi connectivity index (χ0) is 12.3. The molecular formula is C11H13N5O. The first-order valence-electron chi connectivity index (χ1n) is 5.14. The fourth-order valence-electron chi connectivity index (χ4n) is 1.36. The van der Waals surface area contributed by atoms with Crippen molar-refractivity contribution in [2.45, 2.75) is 6.54 Å². The average Bonchev–Trinajstić information content (AvgIpc) is 2.75. The fourth-order valence-corrected chi connectivity index (χ4v) is 1.36. The van der Waals surface area contributed by atoms with Crippen molar-refractivity contribution in [3.63, 3.8) is 0 Å². The molecule has 0 bridgehead atoms. The number of nitrogen functional groups attached to an aromatic ring is 1. The van der Waals surface area contributed by atoms with Gasteiger partial charge in [0.15, 0.2) is 5.69 Å². The summed E-state index contributed by atoms with van der Waals surface area (Å²) in [5, 5.41) is 10.2. The molecule has 0 aliphatic heterocycles. The van der Waals surface area contributed by atoms with Crippen LogP contribution in [-0.2, 0) is 13.6 Å². The number of aryl methyl sites for hydroxylation is 1. The van der Waals surface area contributed by atoms with E-state index < -0.39 is 0 Å². The smallest absolute Gasteiger partial charge is 0.273 e. The van der Waals surface area contributed by atoms with Crippen LogP contribution in [0.15, 0.2) is 30.5 Å². The first-order valence-corrected chi connectivity index (χ1v) is 5.14. The van der Waals surface area contributed by atoms with Crippen molar-refractivity contribution in [3.05, 3.63) is 41.7 Å². The molecule has 3 N–H and O–H groups in total. The van der Waals surface area contributed by atoms with Gasteiger partial charge in [-0.2, -0.15) is 0 Å². The normalized spacial score (nSPS) is 10.2. The van der Waals surface area contributed by atoms with Crippen molar-refractivity contribution in [1.82, 2.24) is 20.3 Å². The summed E-state index contributed by atoms with van der Waals surface area (Å²) in [6.07, 6.45) is 1.57. The molecule has 0 spiro atoms. The summed E-state index contributed by atoms with van der Waals surface area (Å²) in [5.74, 6) is -0.241. The van der Waals surface area contributed by atoms with Crippen molar-refractivity contribution in [3.8, 4) is 0 Å². The Bertz CT molecular complexity index is 517. The topological polar surface area (TPSA) is 85.8 Å². The number of nitrogens with zero attached hydrogens (tertiary/aromatic N) is 3. The van der Waals surface area contributed by atoms with Crippen LogP contribution in [0.5, 0.6) is 0 Å². The molecular weight excluding hydrogens is 218 g/mol. The molecule has 2 rings (SSSR count). The van der Waals surface area contributed by atoms with Crippen LogP contribution in [0.25, 0.3) is 0 Å². The van der Waals surface area contributed by atoms with Crippen LogP contribution in [0.1, 0.15) is 16.1 Å². The van der Waals surface area contributed by atoms with Crippen LogP contribution >= 0.6 is 0 Å². The molecule has 17 heavy (non-hydrogen) atoms. The molecule has 1 aromatic heterocycles. The zero-order valence-electron chi connectivity index (χ0n) is 9.42. The van der Waals surface area contributed by atoms with Crippen LogP contribution in [0.4, 0.5) is 5.69 Å². The molecule has 0 saturated heterocycles. The van der Waals surface area contributed by atoms with Gasteiger partial charge in [0.05, 0.1) is 6.20 Å². The minimum atomic E-state index is -0.241. The highest BCUT2D eigenvalue weighted by molar-refractivity contribution is 5.91. The number of carbonyl (C=O) groups excluding carboxylic acids is 1. The second-order valence-electron chi connectivity index (χ2n) is 3.70. The van der Waals surface area contributed by atoms with Gasteiger partial charge in [0, 0.05) is 19.3 Å². The van der Waals surface area contributed by atoms with Crippen molar-refractivity contribution in [1.29, 1.82) is 0 Å². The van der Waals surface area contributed by atoms with Crippen molar-refractivity contribution in [2.24, 2.45) is 7.05 Å². The molecule has 0 aliphatic rings. The van der Waals surface area contributed by atoms with Gasteiger partial charge in [-0.1, -0.05) is 17.3 Å². The Hall–Kier alpha value is -2.37. The van der Waals surface area contributed by atoms with E-state index in [1.807, 2.05) is 12.1 Å². The largest absolute Gasteiger partial charge is 0.399 e. The van der Waals surface area contributed by atoms with E-state index >= 15 is 0 Å². The number of aromatic nitrogens is 3. The lowest BCUT2D eigenvalue weighted by atomic mass is 10.2. The first kappa shape index (κ1) is 11.1. The van der Waals surface area contributed by atoms with E-state index in [9.17, 15) is 4.79 Å². The Balaban J connectivity index is 1.94. The van der Waals surface area contributed by atoms with Crippen LogP contribution in [0.3, 0.4) is 0 Å². The van der Waals surface area contributed by atoms with E-state index in [2.05, 4.69) is 15.6 Å². The Morgan fingerprint density at radius 2 is 2.12 bits per heavy atom. The summed E-state index contributed by atoms with van der Waals surface area (Å²) in [7, 11) is 1.71. The van der Waals surface area contributed by atoms with Crippen molar-refractivity contribution < 1.29 is 4.79 Å². The molecule has 0 fully saturated rings. The zero-order valence-corrected chi connectivity index (χ0v) is 9.42. The van der Waals surface area contributed by atoms with Gasteiger partial charge < -0.3 is 11.1 Å². The second-order valence-corrected chi connectivity index (χ2v) is 3.70. The highest BCUT2D eigenvalue weighted by Gasteiger charge is 2.08. The van der Waals surface area contributed by atoms with Gasteiger partial charge in [0.2, 0.25) is 0 Å². The van der Waals surface area contributed by atoms with Crippen LogP contribution in [-0.4, -0.2) is 20.9 Å². The highest BCUT2D eigenvalue weighted by Crippen LogP contribution is 2.05. The SMILES string of the molecule is Cn1cc(C(=O)NCc2ccc(N)cc2)nn1. The molecule has 1 heterocycles. The predicted octanol–water partition coefficient (Wildman–Crippen LogP) is 0.327. The van der Waals surface area contributed by atoms with E-state index in [4.69, 9.17) is 5.73 Å². The summed E-state index contributed by atoms with van der Waals surface area (Å²) >= 11 is 0. The number of rotatable bonds is 3. The quantitative estimate of drug-likeness (QED) is 0.745. The third kappa shape index (κ3) is 2.81. The second kappa shape index (κ2) is 4.65. The Morgan fingerprint density at radius 3 is 2.71 bits per heavy atom. The van der Waals surface area contributed by atoms with E-state index in [0.29, 0.717) is 17.9 Å². The molecule has 2 aromatic rings. The summed E-state index contributed by atoms with van der Waals surface area (Å²) in [6.45, 7) is 0.440. The fraction of sp³-hybridized carbons (Fsp3) is 0.182. The summed E-state index contributed by atoms with van der Waals surface area (Å²) in [5.41, 5.74) is 7.56. The summed E-state index contributed by atoms with van der Waals surface area (Å²) in [6, 6.07) is 7.33. The van der Waals surface area contributed by atoms with Crippen molar-refractivity contribution in [2.75, 3.05) is 5.73 Å². The van der Waals surface area contributed by atoms with Crippen molar-refractivity contribution >= 4 is 11.6 Å². The van der Waals surface area contributed by atoms with Gasteiger partial charge in [0.25, 0.3) is 5.91 Å². The minimum absolute atomic E-state index is 0.241. The van der Waals surface area contributed by atoms with E-state index in [-0.39, 0.29) is 5.91 Å². The van der Waals surface area contributed by atoms with Crippen LogP contribution in [0.2, 0.25) is 0 Å². The summed E-state index contributed by atoms with van der Waals surface area (Å²) < 4.78 is 1.48. The maximum Gasteiger partial charge on any atom is 0.273 e. The standard InChI is InChI=1S/C11H13N5O/c1-16-7-10(14-15-16)11(17)13-6-8-2-4-9(12)5-3-8/h2-5,7H,6,12H2,1H3,(H,13,17). The Kier molecular flexibility index (Phi) is 3.04. The monoisotopic (exact) mass is 231 g/mol. The third-order valence-corrected chi connectivity index (χ3v) is 2.27. The first-order chi connectivity index (χ1) is 8.15. The number of nitrogens with two attached hydrogens (primary N) is 1. The number of nitrogens with one attached hydrogen (secondary N) is 1. The highest BCUT2D eigenvalue weighted by atomic mass is 16.2. The molecule has 6 nitrogen and oxygen atoms in total. The minimum Gasteiger partial charge on any atom is -0.399 e. The average molecular weight is 231 g/mol. The number of carbonyl (C=O) groups is 1. The van der Waals surface area contributed by atoms with Gasteiger partial charge in [-0.3, -0.25) is 9.48 Å². The molecule has 0 unspecified atom stereocenters. The van der Waals surface area contributed by atoms with Gasteiger partial charge in [-0.15, -0.1) is 5.10 Å². The van der Waals surface area contributed by atoms with Gasteiger partial charge >= 0.3 is 0 Å². The van der Waals surface area contributed by atoms with Gasteiger partial charge in [-0.05, 0) is 17.7 Å². The molecule has 6 heteroatoms. The lowest BCUT2D eigenvalue weighted by Gasteiger charge is -2.03. The molecule has 0 radical (unpaired) electrons. The van der Waals surface area contributed by atoms with E-state index in [1.54, 1.807) is 25.4 Å². The molecule has 1 aromatic carbocycles. The molecule has 0 aliphatic carbocycles. The molecule has 1 amide bonds. The maximum absolute atomic E-state index is 11.6. The maximum atomic E-state index is 11.6. The molecule has 88 valence electrons. The van der Waals surface area contributed by atoms with Gasteiger partial charge in [-0.25, -0.2) is 0 Å². The van der Waals surface area contributed by atoms with E-state index in [0.717, 1.165) is 5.56 Å². The lowest BCUT2D eigenvalue weighted by Crippen LogP contribution is -2.23. The Labute approximate surface area is 98.4 Å². The number of benzene rings is 1. The van der Waals surface area contributed by atoms with Gasteiger partial charge in [0.1, 0.15) is 0 Å². The number of amides is 1. The predicted molar refractivity (Wildman–Crippen MR) is 63.0 cm³/mol. The number of anilines is 1. The van der Waals surface area contributed by atoms with Crippen LogP contribution in [0, 0.1) is 0 Å². The lowest BCUT2D eigenvalue weighted by molar-refractivity contribution is 0.0946. The third-order valence-electron chi connectivity index (χ3n) is 2.27.